The second-order valence-corrected chi connectivity index (χ2v) is 4.01. The molecule has 0 saturated heterocycles. The Morgan fingerprint density at radius 2 is 2.12 bits per heavy atom. The molecular formula is C13H17NO2. The number of rotatable bonds is 4. The Labute approximate surface area is 95.4 Å². The Hall–Kier alpha value is -1.64. The Morgan fingerprint density at radius 3 is 2.81 bits per heavy atom. The average Bonchev–Trinajstić information content (AvgIpc) is 2.59. The van der Waals surface area contributed by atoms with Crippen LogP contribution in [-0.2, 0) is 0 Å². The third-order valence-corrected chi connectivity index (χ3v) is 2.21. The van der Waals surface area contributed by atoms with Crippen molar-refractivity contribution in [1.29, 1.82) is 0 Å². The molecule has 0 saturated carbocycles. The molecule has 0 aliphatic heterocycles. The molecule has 0 aliphatic rings. The van der Waals surface area contributed by atoms with Crippen molar-refractivity contribution in [2.45, 2.75) is 26.9 Å². The molecular weight excluding hydrogens is 202 g/mol. The smallest absolute Gasteiger partial charge is 0.194 e. The molecule has 1 N–H and O–H groups in total. The van der Waals surface area contributed by atoms with Crippen LogP contribution in [0.3, 0.4) is 0 Å². The van der Waals surface area contributed by atoms with Crippen molar-refractivity contribution in [3.8, 4) is 5.75 Å². The average molecular weight is 219 g/mol. The third-order valence-electron chi connectivity index (χ3n) is 2.21. The van der Waals surface area contributed by atoms with E-state index in [1.807, 2.05) is 45.0 Å². The first-order chi connectivity index (χ1) is 7.69. The molecule has 2 aromatic rings. The Kier molecular flexibility index (Phi) is 3.04. The van der Waals surface area contributed by atoms with Crippen LogP contribution in [-0.4, -0.2) is 12.6 Å². The lowest BCUT2D eigenvalue weighted by Gasteiger charge is -2.08. The zero-order chi connectivity index (χ0) is 11.5. The summed E-state index contributed by atoms with van der Waals surface area (Å²) < 4.78 is 11.3. The van der Waals surface area contributed by atoms with Gasteiger partial charge in [0, 0.05) is 24.1 Å². The number of benzene rings is 1. The summed E-state index contributed by atoms with van der Waals surface area (Å²) in [4.78, 5) is 0. The van der Waals surface area contributed by atoms with Gasteiger partial charge < -0.3 is 14.5 Å². The van der Waals surface area contributed by atoms with Gasteiger partial charge in [-0.15, -0.1) is 0 Å². The topological polar surface area (TPSA) is 34.4 Å². The normalized spacial score (nSPS) is 11.0. The molecule has 3 nitrogen and oxygen atoms in total. The fraction of sp³-hybridized carbons (Fsp3) is 0.385. The van der Waals surface area contributed by atoms with Crippen LogP contribution < -0.4 is 10.1 Å². The van der Waals surface area contributed by atoms with Gasteiger partial charge in [-0.1, -0.05) is 0 Å². The summed E-state index contributed by atoms with van der Waals surface area (Å²) in [7, 11) is 0. The minimum absolute atomic E-state index is 0.181. The van der Waals surface area contributed by atoms with Crippen molar-refractivity contribution in [2.75, 3.05) is 11.9 Å². The lowest BCUT2D eigenvalue weighted by Crippen LogP contribution is -2.04. The second-order valence-electron chi connectivity index (χ2n) is 4.01. The number of hydrogen-bond donors (Lipinski definition) is 1. The van der Waals surface area contributed by atoms with E-state index >= 15 is 0 Å². The predicted octanol–water partition coefficient (Wildman–Crippen LogP) is 3.65. The van der Waals surface area contributed by atoms with E-state index in [0.717, 1.165) is 29.1 Å². The van der Waals surface area contributed by atoms with Crippen LogP contribution in [0.25, 0.3) is 11.0 Å². The van der Waals surface area contributed by atoms with E-state index in [2.05, 4.69) is 5.32 Å². The summed E-state index contributed by atoms with van der Waals surface area (Å²) in [5, 5.41) is 4.24. The van der Waals surface area contributed by atoms with E-state index in [1.54, 1.807) is 0 Å². The van der Waals surface area contributed by atoms with Gasteiger partial charge in [0.2, 0.25) is 0 Å². The van der Waals surface area contributed by atoms with Crippen LogP contribution in [0.5, 0.6) is 5.75 Å². The molecule has 1 aromatic heterocycles. The number of ether oxygens (including phenoxy) is 1. The molecule has 16 heavy (non-hydrogen) atoms. The summed E-state index contributed by atoms with van der Waals surface area (Å²) in [5.74, 6) is 1.65. The third kappa shape index (κ3) is 2.30. The van der Waals surface area contributed by atoms with Crippen LogP contribution in [0.15, 0.2) is 28.7 Å². The number of hydrogen-bond acceptors (Lipinski definition) is 3. The van der Waals surface area contributed by atoms with Gasteiger partial charge in [0.25, 0.3) is 0 Å². The summed E-state index contributed by atoms with van der Waals surface area (Å²) in [5.41, 5.74) is 0.856. The second kappa shape index (κ2) is 4.47. The number of anilines is 1. The monoisotopic (exact) mass is 219 g/mol. The van der Waals surface area contributed by atoms with Gasteiger partial charge in [-0.25, -0.2) is 0 Å². The molecule has 0 aliphatic carbocycles. The quantitative estimate of drug-likeness (QED) is 0.852. The van der Waals surface area contributed by atoms with Gasteiger partial charge in [-0.2, -0.15) is 0 Å². The molecule has 3 heteroatoms. The molecule has 1 aromatic carbocycles. The fourth-order valence-corrected chi connectivity index (χ4v) is 1.62. The standard InChI is InChI=1S/C13H17NO2/c1-4-14-13-7-10-5-6-11(15-9(2)3)8-12(10)16-13/h5-9,14H,4H2,1-3H3. The first-order valence-electron chi connectivity index (χ1n) is 5.63. The van der Waals surface area contributed by atoms with Crippen LogP contribution in [0.1, 0.15) is 20.8 Å². The molecule has 0 spiro atoms. The van der Waals surface area contributed by atoms with Gasteiger partial charge in [-0.3, -0.25) is 0 Å². The van der Waals surface area contributed by atoms with Crippen LogP contribution in [0, 0.1) is 0 Å². The van der Waals surface area contributed by atoms with E-state index in [9.17, 15) is 0 Å². The van der Waals surface area contributed by atoms with Crippen LogP contribution in [0.4, 0.5) is 5.88 Å². The van der Waals surface area contributed by atoms with Crippen LogP contribution >= 0.6 is 0 Å². The Balaban J connectivity index is 2.30. The predicted molar refractivity (Wildman–Crippen MR) is 66.1 cm³/mol. The first kappa shape index (κ1) is 10.9. The van der Waals surface area contributed by atoms with Crippen molar-refractivity contribution in [1.82, 2.24) is 0 Å². The molecule has 86 valence electrons. The zero-order valence-corrected chi connectivity index (χ0v) is 9.91. The largest absolute Gasteiger partial charge is 0.491 e. The van der Waals surface area contributed by atoms with Gasteiger partial charge in [-0.05, 0) is 32.9 Å². The number of furan rings is 1. The van der Waals surface area contributed by atoms with Crippen molar-refractivity contribution in [3.63, 3.8) is 0 Å². The van der Waals surface area contributed by atoms with E-state index in [-0.39, 0.29) is 6.10 Å². The molecule has 0 fully saturated rings. The van der Waals surface area contributed by atoms with Crippen molar-refractivity contribution >= 4 is 16.9 Å². The number of fused-ring (bicyclic) bond motifs is 1. The first-order valence-corrected chi connectivity index (χ1v) is 5.63. The lowest BCUT2D eigenvalue weighted by molar-refractivity contribution is 0.242. The molecule has 0 bridgehead atoms. The molecule has 0 atom stereocenters. The van der Waals surface area contributed by atoms with E-state index in [1.165, 1.54) is 0 Å². The van der Waals surface area contributed by atoms with E-state index in [0.29, 0.717) is 0 Å². The summed E-state index contributed by atoms with van der Waals surface area (Å²) in [6, 6.07) is 7.90. The highest BCUT2D eigenvalue weighted by Crippen LogP contribution is 2.27. The fourth-order valence-electron chi connectivity index (χ4n) is 1.62. The Morgan fingerprint density at radius 1 is 1.31 bits per heavy atom. The highest BCUT2D eigenvalue weighted by atomic mass is 16.5. The highest BCUT2D eigenvalue weighted by Gasteiger charge is 2.05. The highest BCUT2D eigenvalue weighted by molar-refractivity contribution is 5.82. The van der Waals surface area contributed by atoms with Crippen molar-refractivity contribution < 1.29 is 9.15 Å². The van der Waals surface area contributed by atoms with Crippen LogP contribution in [0.2, 0.25) is 0 Å². The summed E-state index contributed by atoms with van der Waals surface area (Å²) in [6.45, 7) is 6.92. The van der Waals surface area contributed by atoms with Gasteiger partial charge in [0.1, 0.15) is 11.3 Å². The minimum atomic E-state index is 0.181. The molecule has 0 unspecified atom stereocenters. The van der Waals surface area contributed by atoms with Crippen molar-refractivity contribution in [3.05, 3.63) is 24.3 Å². The Bertz CT molecular complexity index is 474. The SMILES string of the molecule is CCNc1cc2ccc(OC(C)C)cc2o1. The van der Waals surface area contributed by atoms with Crippen molar-refractivity contribution in [2.24, 2.45) is 0 Å². The summed E-state index contributed by atoms with van der Waals surface area (Å²) >= 11 is 0. The number of nitrogens with one attached hydrogen (secondary N) is 1. The molecule has 0 amide bonds. The molecule has 0 radical (unpaired) electrons. The zero-order valence-electron chi connectivity index (χ0n) is 9.91. The molecule has 1 heterocycles. The van der Waals surface area contributed by atoms with E-state index < -0.39 is 0 Å². The van der Waals surface area contributed by atoms with Gasteiger partial charge in [0.05, 0.1) is 6.10 Å². The maximum Gasteiger partial charge on any atom is 0.194 e. The maximum atomic E-state index is 5.64. The van der Waals surface area contributed by atoms with Gasteiger partial charge >= 0.3 is 0 Å². The maximum absolute atomic E-state index is 5.64. The lowest BCUT2D eigenvalue weighted by atomic mass is 10.2. The summed E-state index contributed by atoms with van der Waals surface area (Å²) in [6.07, 6.45) is 0.181. The minimum Gasteiger partial charge on any atom is -0.491 e. The molecule has 2 rings (SSSR count). The van der Waals surface area contributed by atoms with Gasteiger partial charge in [0.15, 0.2) is 5.88 Å². The van der Waals surface area contributed by atoms with E-state index in [4.69, 9.17) is 9.15 Å².